The first kappa shape index (κ1) is 19.8. The molecule has 1 aromatic carbocycles. The molecule has 0 saturated carbocycles. The molecule has 0 fully saturated rings. The van der Waals surface area contributed by atoms with Gasteiger partial charge in [0.15, 0.2) is 0 Å². The minimum absolute atomic E-state index is 0.0719. The molecule has 0 saturated heterocycles. The van der Waals surface area contributed by atoms with Crippen molar-refractivity contribution in [1.29, 1.82) is 0 Å². The van der Waals surface area contributed by atoms with Gasteiger partial charge in [0.05, 0.1) is 0 Å². The fourth-order valence-electron chi connectivity index (χ4n) is 2.08. The third-order valence-electron chi connectivity index (χ3n) is 3.83. The summed E-state index contributed by atoms with van der Waals surface area (Å²) in [5, 5.41) is 3.94. The van der Waals surface area contributed by atoms with E-state index in [2.05, 4.69) is 5.32 Å². The van der Waals surface area contributed by atoms with Gasteiger partial charge in [-0.1, -0.05) is 43.1 Å². The lowest BCUT2D eigenvalue weighted by Gasteiger charge is -2.29. The van der Waals surface area contributed by atoms with E-state index in [1.807, 2.05) is 13.8 Å². The van der Waals surface area contributed by atoms with Crippen LogP contribution < -0.4 is 5.32 Å². The van der Waals surface area contributed by atoms with Crippen molar-refractivity contribution < 1.29 is 9.59 Å². The fraction of sp³-hybridized carbons (Fsp3) is 0.529. The molecule has 0 spiro atoms. The molecule has 0 heterocycles. The molecule has 2 amide bonds. The smallest absolute Gasteiger partial charge is 0.242 e. The molecule has 1 rings (SSSR count). The highest BCUT2D eigenvalue weighted by molar-refractivity contribution is 6.35. The van der Waals surface area contributed by atoms with Gasteiger partial charge in [0.2, 0.25) is 11.8 Å². The van der Waals surface area contributed by atoms with E-state index in [0.29, 0.717) is 16.5 Å². The van der Waals surface area contributed by atoms with Crippen LogP contribution in [0, 0.1) is 0 Å². The van der Waals surface area contributed by atoms with E-state index < -0.39 is 6.04 Å². The van der Waals surface area contributed by atoms with Gasteiger partial charge in [0.1, 0.15) is 6.04 Å². The van der Waals surface area contributed by atoms with Crippen molar-refractivity contribution >= 4 is 35.0 Å². The van der Waals surface area contributed by atoms with Gasteiger partial charge in [-0.05, 0) is 38.0 Å². The molecule has 0 unspecified atom stereocenters. The number of hydrogen-bond acceptors (Lipinski definition) is 2. The molecule has 1 aromatic rings. The molecular formula is C17H24Cl2N2O2. The van der Waals surface area contributed by atoms with Crippen LogP contribution in [0.1, 0.15) is 46.1 Å². The van der Waals surface area contributed by atoms with Gasteiger partial charge in [-0.15, -0.1) is 0 Å². The second-order valence-electron chi connectivity index (χ2n) is 5.60. The van der Waals surface area contributed by atoms with Crippen LogP contribution in [0.5, 0.6) is 0 Å². The van der Waals surface area contributed by atoms with Gasteiger partial charge >= 0.3 is 0 Å². The zero-order chi connectivity index (χ0) is 17.6. The maximum atomic E-state index is 12.3. The number of amides is 2. The number of halogens is 2. The molecule has 23 heavy (non-hydrogen) atoms. The van der Waals surface area contributed by atoms with E-state index in [4.69, 9.17) is 23.2 Å². The number of rotatable bonds is 7. The molecule has 2 atom stereocenters. The number of nitrogens with zero attached hydrogens (tertiary/aromatic N) is 1. The summed E-state index contributed by atoms with van der Waals surface area (Å²) in [5.41, 5.74) is 0.765. The average Bonchev–Trinajstić information content (AvgIpc) is 2.52. The second-order valence-corrected chi connectivity index (χ2v) is 6.45. The van der Waals surface area contributed by atoms with E-state index >= 15 is 0 Å². The summed E-state index contributed by atoms with van der Waals surface area (Å²) in [6.07, 6.45) is 1.16. The van der Waals surface area contributed by atoms with Crippen molar-refractivity contribution in [3.8, 4) is 0 Å². The molecule has 128 valence electrons. The summed E-state index contributed by atoms with van der Waals surface area (Å²) in [6.45, 7) is 7.72. The molecule has 0 aliphatic heterocycles. The van der Waals surface area contributed by atoms with Crippen molar-refractivity contribution in [2.24, 2.45) is 0 Å². The van der Waals surface area contributed by atoms with E-state index in [1.165, 1.54) is 0 Å². The van der Waals surface area contributed by atoms with Crippen LogP contribution in [0.25, 0.3) is 0 Å². The molecule has 0 aromatic heterocycles. The lowest BCUT2D eigenvalue weighted by molar-refractivity contribution is -0.140. The largest absolute Gasteiger partial charge is 0.352 e. The molecule has 1 N–H and O–H groups in total. The lowest BCUT2D eigenvalue weighted by Crippen LogP contribution is -2.49. The first-order chi connectivity index (χ1) is 10.8. The van der Waals surface area contributed by atoms with E-state index in [9.17, 15) is 9.59 Å². The Kier molecular flexibility index (Phi) is 7.86. The first-order valence-electron chi connectivity index (χ1n) is 7.83. The standard InChI is InChI=1S/C17H24Cl2N2O2/c1-5-11(3)20-17(23)12(4)21(16(22)6-2)10-13-7-8-14(18)9-15(13)19/h7-9,11-12H,5-6,10H2,1-4H3,(H,20,23)/t11-,12-/m1/s1. The van der Waals surface area contributed by atoms with Crippen LogP contribution in [0.3, 0.4) is 0 Å². The molecule has 0 bridgehead atoms. The van der Waals surface area contributed by atoms with Crippen LogP contribution in [0.15, 0.2) is 18.2 Å². The number of carbonyl (C=O) groups excluding carboxylic acids is 2. The maximum Gasteiger partial charge on any atom is 0.242 e. The molecule has 0 radical (unpaired) electrons. The Bertz CT molecular complexity index is 564. The Labute approximate surface area is 148 Å². The van der Waals surface area contributed by atoms with E-state index in [-0.39, 0.29) is 24.4 Å². The topological polar surface area (TPSA) is 49.4 Å². The summed E-state index contributed by atoms with van der Waals surface area (Å²) in [6, 6.07) is 4.64. The summed E-state index contributed by atoms with van der Waals surface area (Å²) in [5.74, 6) is -0.256. The van der Waals surface area contributed by atoms with Crippen LogP contribution in [0.2, 0.25) is 10.0 Å². The second kappa shape index (κ2) is 9.14. The number of hydrogen-bond donors (Lipinski definition) is 1. The minimum Gasteiger partial charge on any atom is -0.352 e. The number of benzene rings is 1. The molecule has 6 heteroatoms. The average molecular weight is 359 g/mol. The normalized spacial score (nSPS) is 13.3. The first-order valence-corrected chi connectivity index (χ1v) is 8.59. The van der Waals surface area contributed by atoms with Gasteiger partial charge in [0, 0.05) is 29.1 Å². The van der Waals surface area contributed by atoms with Gasteiger partial charge < -0.3 is 10.2 Å². The summed E-state index contributed by atoms with van der Waals surface area (Å²) in [7, 11) is 0. The highest BCUT2D eigenvalue weighted by atomic mass is 35.5. The maximum absolute atomic E-state index is 12.3. The van der Waals surface area contributed by atoms with Crippen LogP contribution in [-0.2, 0) is 16.1 Å². The number of nitrogens with one attached hydrogen (secondary N) is 1. The van der Waals surface area contributed by atoms with Crippen molar-refractivity contribution in [1.82, 2.24) is 10.2 Å². The molecule has 0 aliphatic carbocycles. The van der Waals surface area contributed by atoms with Gasteiger partial charge in [0.25, 0.3) is 0 Å². The third-order valence-corrected chi connectivity index (χ3v) is 4.41. The summed E-state index contributed by atoms with van der Waals surface area (Å²) in [4.78, 5) is 26.2. The SMILES string of the molecule is CCC(=O)N(Cc1ccc(Cl)cc1Cl)[C@H](C)C(=O)N[C@H](C)CC. The minimum atomic E-state index is -0.566. The third kappa shape index (κ3) is 5.70. The van der Waals surface area contributed by atoms with Gasteiger partial charge in [-0.2, -0.15) is 0 Å². The van der Waals surface area contributed by atoms with Crippen LogP contribution in [-0.4, -0.2) is 28.8 Å². The zero-order valence-electron chi connectivity index (χ0n) is 14.0. The summed E-state index contributed by atoms with van der Waals surface area (Å²) < 4.78 is 0. The Balaban J connectivity index is 2.95. The predicted octanol–water partition coefficient (Wildman–Crippen LogP) is 4.04. The van der Waals surface area contributed by atoms with E-state index in [1.54, 1.807) is 36.9 Å². The Morgan fingerprint density at radius 3 is 2.39 bits per heavy atom. The van der Waals surface area contributed by atoms with Gasteiger partial charge in [-0.25, -0.2) is 0 Å². The monoisotopic (exact) mass is 358 g/mol. The molecule has 4 nitrogen and oxygen atoms in total. The fourth-order valence-corrected chi connectivity index (χ4v) is 2.55. The number of carbonyl (C=O) groups is 2. The highest BCUT2D eigenvalue weighted by Crippen LogP contribution is 2.23. The van der Waals surface area contributed by atoms with Crippen molar-refractivity contribution in [3.63, 3.8) is 0 Å². The Morgan fingerprint density at radius 1 is 1.22 bits per heavy atom. The predicted molar refractivity (Wildman–Crippen MR) is 94.7 cm³/mol. The van der Waals surface area contributed by atoms with E-state index in [0.717, 1.165) is 12.0 Å². The summed E-state index contributed by atoms with van der Waals surface area (Å²) >= 11 is 12.1. The Hall–Kier alpha value is -1.26. The highest BCUT2D eigenvalue weighted by Gasteiger charge is 2.26. The van der Waals surface area contributed by atoms with Crippen LogP contribution in [0.4, 0.5) is 0 Å². The zero-order valence-corrected chi connectivity index (χ0v) is 15.5. The quantitative estimate of drug-likeness (QED) is 0.799. The van der Waals surface area contributed by atoms with Crippen molar-refractivity contribution in [2.75, 3.05) is 0 Å². The molecular weight excluding hydrogens is 335 g/mol. The van der Waals surface area contributed by atoms with Crippen molar-refractivity contribution in [2.45, 2.75) is 59.2 Å². The molecule has 0 aliphatic rings. The lowest BCUT2D eigenvalue weighted by atomic mass is 10.1. The van der Waals surface area contributed by atoms with Crippen molar-refractivity contribution in [3.05, 3.63) is 33.8 Å². The van der Waals surface area contributed by atoms with Crippen LogP contribution >= 0.6 is 23.2 Å². The Morgan fingerprint density at radius 2 is 1.87 bits per heavy atom. The van der Waals surface area contributed by atoms with Gasteiger partial charge in [-0.3, -0.25) is 9.59 Å².